The Labute approximate surface area is 113 Å². The summed E-state index contributed by atoms with van der Waals surface area (Å²) in [5.74, 6) is 1.24. The van der Waals surface area contributed by atoms with Crippen LogP contribution < -0.4 is 0 Å². The second kappa shape index (κ2) is 6.77. The molecule has 0 atom stereocenters. The number of carbonyl (C=O) groups is 1. The Morgan fingerprint density at radius 2 is 1.82 bits per heavy atom. The standard InChI is InChI=1S/C14H24BrNO/c15-10-11-16(13-6-3-7-13)14(17)9-8-12-4-1-2-5-12/h12-13H,1-11H2. The smallest absolute Gasteiger partial charge is 0.222 e. The van der Waals surface area contributed by atoms with E-state index in [1.54, 1.807) is 0 Å². The topological polar surface area (TPSA) is 20.3 Å². The molecular weight excluding hydrogens is 278 g/mol. The zero-order valence-electron chi connectivity index (χ0n) is 10.7. The number of hydrogen-bond donors (Lipinski definition) is 0. The zero-order valence-corrected chi connectivity index (χ0v) is 12.3. The first-order valence-electron chi connectivity index (χ1n) is 7.16. The summed E-state index contributed by atoms with van der Waals surface area (Å²) in [7, 11) is 0. The van der Waals surface area contributed by atoms with Gasteiger partial charge < -0.3 is 4.90 Å². The average Bonchev–Trinajstić information content (AvgIpc) is 2.75. The molecule has 17 heavy (non-hydrogen) atoms. The highest BCUT2D eigenvalue weighted by Crippen LogP contribution is 2.30. The molecule has 0 aromatic carbocycles. The van der Waals surface area contributed by atoms with Gasteiger partial charge in [0.2, 0.25) is 5.91 Å². The molecule has 2 fully saturated rings. The number of alkyl halides is 1. The molecule has 0 unspecified atom stereocenters. The molecule has 0 heterocycles. The van der Waals surface area contributed by atoms with Gasteiger partial charge in [0.05, 0.1) is 0 Å². The Morgan fingerprint density at radius 1 is 1.12 bits per heavy atom. The Balaban J connectivity index is 1.74. The Bertz CT molecular complexity index is 247. The molecule has 2 nitrogen and oxygen atoms in total. The minimum absolute atomic E-state index is 0.404. The number of rotatable bonds is 6. The van der Waals surface area contributed by atoms with Gasteiger partial charge in [0, 0.05) is 24.3 Å². The predicted octanol–water partition coefficient (Wildman–Crippen LogP) is 3.73. The van der Waals surface area contributed by atoms with Gasteiger partial charge in [0.1, 0.15) is 0 Å². The maximum absolute atomic E-state index is 12.2. The van der Waals surface area contributed by atoms with Crippen molar-refractivity contribution in [1.82, 2.24) is 4.90 Å². The van der Waals surface area contributed by atoms with Crippen molar-refractivity contribution in [2.75, 3.05) is 11.9 Å². The molecule has 0 bridgehead atoms. The lowest BCUT2D eigenvalue weighted by molar-refractivity contribution is -0.135. The molecule has 0 saturated heterocycles. The van der Waals surface area contributed by atoms with Gasteiger partial charge >= 0.3 is 0 Å². The number of hydrogen-bond acceptors (Lipinski definition) is 1. The highest BCUT2D eigenvalue weighted by atomic mass is 79.9. The van der Waals surface area contributed by atoms with Crippen molar-refractivity contribution in [2.45, 2.75) is 63.8 Å². The molecule has 0 aromatic rings. The fourth-order valence-corrected chi connectivity index (χ4v) is 3.45. The van der Waals surface area contributed by atoms with Crippen molar-refractivity contribution < 1.29 is 4.79 Å². The summed E-state index contributed by atoms with van der Waals surface area (Å²) < 4.78 is 0. The van der Waals surface area contributed by atoms with E-state index in [9.17, 15) is 4.79 Å². The van der Waals surface area contributed by atoms with E-state index in [1.165, 1.54) is 44.9 Å². The van der Waals surface area contributed by atoms with Gasteiger partial charge in [-0.25, -0.2) is 0 Å². The quantitative estimate of drug-likeness (QED) is 0.685. The van der Waals surface area contributed by atoms with E-state index in [1.807, 2.05) is 0 Å². The van der Waals surface area contributed by atoms with Crippen molar-refractivity contribution in [3.63, 3.8) is 0 Å². The van der Waals surface area contributed by atoms with Crippen LogP contribution in [-0.2, 0) is 4.79 Å². The van der Waals surface area contributed by atoms with Gasteiger partial charge in [0.15, 0.2) is 0 Å². The van der Waals surface area contributed by atoms with Crippen LogP contribution in [0.2, 0.25) is 0 Å². The molecule has 0 spiro atoms. The summed E-state index contributed by atoms with van der Waals surface area (Å²) in [6.07, 6.45) is 11.1. The van der Waals surface area contributed by atoms with E-state index < -0.39 is 0 Å². The number of halogens is 1. The first kappa shape index (κ1) is 13.4. The van der Waals surface area contributed by atoms with Gasteiger partial charge in [-0.2, -0.15) is 0 Å². The van der Waals surface area contributed by atoms with Crippen LogP contribution in [0.5, 0.6) is 0 Å². The first-order chi connectivity index (χ1) is 8.31. The molecule has 2 aliphatic rings. The van der Waals surface area contributed by atoms with Gasteiger partial charge in [-0.1, -0.05) is 41.6 Å². The van der Waals surface area contributed by atoms with Gasteiger partial charge in [-0.3, -0.25) is 4.79 Å². The number of amides is 1. The van der Waals surface area contributed by atoms with Crippen LogP contribution in [0.3, 0.4) is 0 Å². The molecule has 0 N–H and O–H groups in total. The lowest BCUT2D eigenvalue weighted by Gasteiger charge is -2.37. The number of nitrogens with zero attached hydrogens (tertiary/aromatic N) is 1. The maximum atomic E-state index is 12.2. The lowest BCUT2D eigenvalue weighted by atomic mass is 9.91. The molecule has 3 heteroatoms. The van der Waals surface area contributed by atoms with E-state index in [2.05, 4.69) is 20.8 Å². The van der Waals surface area contributed by atoms with Crippen molar-refractivity contribution in [2.24, 2.45) is 5.92 Å². The van der Waals surface area contributed by atoms with Crippen molar-refractivity contribution in [3.8, 4) is 0 Å². The van der Waals surface area contributed by atoms with Crippen LogP contribution in [0.1, 0.15) is 57.8 Å². The second-order valence-corrected chi connectivity index (χ2v) is 6.34. The Morgan fingerprint density at radius 3 is 2.35 bits per heavy atom. The highest BCUT2D eigenvalue weighted by Gasteiger charge is 2.28. The molecule has 1 amide bonds. The summed E-state index contributed by atoms with van der Waals surface area (Å²) >= 11 is 3.46. The van der Waals surface area contributed by atoms with Gasteiger partial charge in [0.25, 0.3) is 0 Å². The summed E-state index contributed by atoms with van der Waals surface area (Å²) in [5, 5.41) is 0.915. The fraction of sp³-hybridized carbons (Fsp3) is 0.929. The van der Waals surface area contributed by atoms with E-state index >= 15 is 0 Å². The van der Waals surface area contributed by atoms with Crippen molar-refractivity contribution in [1.29, 1.82) is 0 Å². The third-order valence-electron chi connectivity index (χ3n) is 4.40. The van der Waals surface area contributed by atoms with E-state index in [4.69, 9.17) is 0 Å². The first-order valence-corrected chi connectivity index (χ1v) is 8.29. The Kier molecular flexibility index (Phi) is 5.33. The average molecular weight is 302 g/mol. The summed E-state index contributed by atoms with van der Waals surface area (Å²) in [6, 6.07) is 0.559. The minimum atomic E-state index is 0.404. The van der Waals surface area contributed by atoms with E-state index in [0.717, 1.165) is 30.6 Å². The third-order valence-corrected chi connectivity index (χ3v) is 4.76. The monoisotopic (exact) mass is 301 g/mol. The second-order valence-electron chi connectivity index (χ2n) is 5.55. The van der Waals surface area contributed by atoms with Gasteiger partial charge in [-0.05, 0) is 31.6 Å². The SMILES string of the molecule is O=C(CCC1CCCC1)N(CCBr)C1CCC1. The van der Waals surface area contributed by atoms with Crippen molar-refractivity contribution in [3.05, 3.63) is 0 Å². The van der Waals surface area contributed by atoms with Crippen molar-refractivity contribution >= 4 is 21.8 Å². The predicted molar refractivity (Wildman–Crippen MR) is 74.3 cm³/mol. The molecular formula is C14H24BrNO. The summed E-state index contributed by atoms with van der Waals surface area (Å²) in [5.41, 5.74) is 0. The summed E-state index contributed by atoms with van der Waals surface area (Å²) in [4.78, 5) is 14.4. The van der Waals surface area contributed by atoms with Crippen LogP contribution >= 0.6 is 15.9 Å². The molecule has 0 aromatic heterocycles. The van der Waals surface area contributed by atoms with E-state index in [-0.39, 0.29) is 0 Å². The molecule has 2 saturated carbocycles. The summed E-state index contributed by atoms with van der Waals surface area (Å²) in [6.45, 7) is 0.897. The molecule has 0 aliphatic heterocycles. The largest absolute Gasteiger partial charge is 0.339 e. The molecule has 0 radical (unpaired) electrons. The zero-order chi connectivity index (χ0) is 12.1. The Hall–Kier alpha value is -0.0500. The maximum Gasteiger partial charge on any atom is 0.222 e. The van der Waals surface area contributed by atoms with Crippen LogP contribution in [0.15, 0.2) is 0 Å². The normalized spacial score (nSPS) is 21.5. The molecule has 2 aliphatic carbocycles. The van der Waals surface area contributed by atoms with Gasteiger partial charge in [-0.15, -0.1) is 0 Å². The molecule has 2 rings (SSSR count). The van der Waals surface area contributed by atoms with Crippen LogP contribution in [0.25, 0.3) is 0 Å². The van der Waals surface area contributed by atoms with Crippen LogP contribution in [0, 0.1) is 5.92 Å². The van der Waals surface area contributed by atoms with Crippen LogP contribution in [0.4, 0.5) is 0 Å². The fourth-order valence-electron chi connectivity index (χ4n) is 3.07. The number of carbonyl (C=O) groups excluding carboxylic acids is 1. The minimum Gasteiger partial charge on any atom is -0.339 e. The highest BCUT2D eigenvalue weighted by molar-refractivity contribution is 9.09. The lowest BCUT2D eigenvalue weighted by Crippen LogP contribution is -2.45. The third kappa shape index (κ3) is 3.70. The molecule has 98 valence electrons. The van der Waals surface area contributed by atoms with E-state index in [0.29, 0.717) is 11.9 Å². The van der Waals surface area contributed by atoms with Crippen LogP contribution in [-0.4, -0.2) is 28.7 Å².